The highest BCUT2D eigenvalue weighted by Crippen LogP contribution is 2.51. The zero-order valence-corrected chi connectivity index (χ0v) is 29.5. The summed E-state index contributed by atoms with van der Waals surface area (Å²) in [6.07, 6.45) is 0. The molecule has 15 heteroatoms. The summed E-state index contributed by atoms with van der Waals surface area (Å²) in [6.45, 7) is 2.09. The maximum absolute atomic E-state index is 13.7. The molecule has 3 aromatic rings. The molecule has 0 saturated heterocycles. The number of carbonyl (C=O) groups excluding carboxylic acids is 3. The van der Waals surface area contributed by atoms with Crippen molar-refractivity contribution in [2.24, 2.45) is 0 Å². The Morgan fingerprint density at radius 1 is 0.553 bits per heavy atom. The lowest BCUT2D eigenvalue weighted by molar-refractivity contribution is -0.143. The largest absolute Gasteiger partial charge is 0.493 e. The topological polar surface area (TPSA) is 153 Å². The molecule has 3 aromatic carbocycles. The maximum atomic E-state index is 13.7. The highest BCUT2D eigenvalue weighted by Gasteiger charge is 2.28. The predicted octanol–water partition coefficient (Wildman–Crippen LogP) is 5.49. The van der Waals surface area contributed by atoms with Gasteiger partial charge in [-0.05, 0) is 52.4 Å². The second kappa shape index (κ2) is 16.7. The molecule has 0 N–H and O–H groups in total. The molecule has 0 aliphatic heterocycles. The molecule has 14 nitrogen and oxygen atoms in total. The van der Waals surface area contributed by atoms with Crippen LogP contribution in [-0.4, -0.2) is 67.7 Å². The van der Waals surface area contributed by atoms with Gasteiger partial charge in [-0.1, -0.05) is 0 Å². The highest BCUT2D eigenvalue weighted by molar-refractivity contribution is 14.1. The average Bonchev–Trinajstić information content (AvgIpc) is 3.05. The predicted molar refractivity (Wildman–Crippen MR) is 174 cm³/mol. The third-order valence-electron chi connectivity index (χ3n) is 6.42. The van der Waals surface area contributed by atoms with E-state index in [-0.39, 0.29) is 70.5 Å². The van der Waals surface area contributed by atoms with Crippen LogP contribution < -0.4 is 42.6 Å². The van der Waals surface area contributed by atoms with Crippen molar-refractivity contribution < 1.29 is 66.5 Å². The monoisotopic (exact) mass is 770 g/mol. The van der Waals surface area contributed by atoms with E-state index in [1.807, 2.05) is 22.6 Å². The molecule has 0 heterocycles. The third-order valence-corrected chi connectivity index (χ3v) is 7.49. The minimum absolute atomic E-state index is 0.0114. The van der Waals surface area contributed by atoms with E-state index in [0.717, 1.165) is 0 Å². The molecule has 0 aliphatic carbocycles. The Labute approximate surface area is 285 Å². The fraction of sp³-hybridized carbons (Fsp3) is 0.344. The molecule has 0 bridgehead atoms. The van der Waals surface area contributed by atoms with Crippen molar-refractivity contribution in [3.8, 4) is 57.5 Å². The van der Waals surface area contributed by atoms with Crippen molar-refractivity contribution in [1.29, 1.82) is 0 Å². The first-order valence-corrected chi connectivity index (χ1v) is 14.7. The second-order valence-corrected chi connectivity index (χ2v) is 10.4. The van der Waals surface area contributed by atoms with E-state index in [2.05, 4.69) is 0 Å². The molecule has 0 amide bonds. The number of ether oxygens (including phenoxy) is 11. The zero-order valence-electron chi connectivity index (χ0n) is 27.3. The van der Waals surface area contributed by atoms with Crippen LogP contribution in [0.25, 0.3) is 0 Å². The van der Waals surface area contributed by atoms with Gasteiger partial charge in [0.1, 0.15) is 13.2 Å². The fourth-order valence-electron chi connectivity index (χ4n) is 4.37. The van der Waals surface area contributed by atoms with Gasteiger partial charge in [0.25, 0.3) is 0 Å². The van der Waals surface area contributed by atoms with Gasteiger partial charge in [0.15, 0.2) is 34.5 Å². The van der Waals surface area contributed by atoms with E-state index in [1.165, 1.54) is 81.8 Å². The fourth-order valence-corrected chi connectivity index (χ4v) is 5.21. The van der Waals surface area contributed by atoms with Gasteiger partial charge in [0.05, 0.1) is 58.9 Å². The molecular formula is C32H35IO14. The van der Waals surface area contributed by atoms with Crippen molar-refractivity contribution in [1.82, 2.24) is 0 Å². The molecule has 0 atom stereocenters. The van der Waals surface area contributed by atoms with Gasteiger partial charge in [-0.15, -0.1) is 0 Å². The summed E-state index contributed by atoms with van der Waals surface area (Å²) in [6, 6.07) is 5.99. The Morgan fingerprint density at radius 2 is 1.06 bits per heavy atom. The first-order chi connectivity index (χ1) is 22.5. The number of hydrogen-bond acceptors (Lipinski definition) is 14. The van der Waals surface area contributed by atoms with E-state index in [0.29, 0.717) is 20.4 Å². The maximum Gasteiger partial charge on any atom is 0.345 e. The van der Waals surface area contributed by atoms with E-state index in [1.54, 1.807) is 6.07 Å². The summed E-state index contributed by atoms with van der Waals surface area (Å²) < 4.78 is 61.7. The molecule has 0 aliphatic rings. The van der Waals surface area contributed by atoms with Crippen LogP contribution in [0.4, 0.5) is 0 Å². The molecule has 0 saturated carbocycles. The standard InChI is InChI=1S/C32H35IO14/c1-16(34)44-14-18-10-23(46-26-19(15-45-17(2)35)12-21(37-3)29(41-7)31(26)43-9)27(39-5)24(11-18)47-32(36)20-13-22(38-4)28(40-6)30(42-8)25(20)33/h10-13H,14-15H2,1-9H3. The number of hydrogen-bond donors (Lipinski definition) is 0. The number of benzene rings is 3. The Bertz CT molecular complexity index is 1640. The van der Waals surface area contributed by atoms with Crippen molar-refractivity contribution in [2.75, 3.05) is 49.8 Å². The van der Waals surface area contributed by atoms with Gasteiger partial charge < -0.3 is 52.1 Å². The van der Waals surface area contributed by atoms with Crippen LogP contribution >= 0.6 is 22.6 Å². The van der Waals surface area contributed by atoms with Crippen molar-refractivity contribution in [3.05, 3.63) is 44.5 Å². The van der Waals surface area contributed by atoms with E-state index in [9.17, 15) is 14.4 Å². The zero-order chi connectivity index (χ0) is 34.8. The summed E-state index contributed by atoms with van der Waals surface area (Å²) in [5.41, 5.74) is 0.812. The molecule has 3 rings (SSSR count). The molecule has 0 unspecified atom stereocenters. The van der Waals surface area contributed by atoms with Crippen molar-refractivity contribution in [2.45, 2.75) is 27.1 Å². The van der Waals surface area contributed by atoms with Crippen LogP contribution in [0, 0.1) is 3.57 Å². The number of esters is 3. The Morgan fingerprint density at radius 3 is 1.60 bits per heavy atom. The van der Waals surface area contributed by atoms with Crippen LogP contribution in [0.3, 0.4) is 0 Å². The molecule has 0 fully saturated rings. The Hall–Kier alpha value is -4.80. The summed E-state index contributed by atoms with van der Waals surface area (Å²) in [5, 5.41) is 0. The Balaban J connectivity index is 2.24. The van der Waals surface area contributed by atoms with Crippen LogP contribution in [0.5, 0.6) is 57.5 Å². The van der Waals surface area contributed by atoms with Crippen LogP contribution in [0.2, 0.25) is 0 Å². The molecule has 254 valence electrons. The van der Waals surface area contributed by atoms with Gasteiger partial charge >= 0.3 is 17.9 Å². The SMILES string of the molecule is COc1cc(C(=O)Oc2cc(COC(C)=O)cc(Oc3c(COC(C)=O)cc(OC)c(OC)c3OC)c2OC)c(I)c(OC)c1OC. The molecule has 0 spiro atoms. The molecule has 47 heavy (non-hydrogen) atoms. The third kappa shape index (κ3) is 8.33. The lowest BCUT2D eigenvalue weighted by atomic mass is 10.1. The minimum Gasteiger partial charge on any atom is -0.493 e. The minimum atomic E-state index is -0.804. The van der Waals surface area contributed by atoms with Crippen molar-refractivity contribution in [3.63, 3.8) is 0 Å². The number of rotatable bonds is 15. The number of carbonyl (C=O) groups is 3. The summed E-state index contributed by atoms with van der Waals surface area (Å²) in [4.78, 5) is 37.1. The first-order valence-electron chi connectivity index (χ1n) is 13.7. The van der Waals surface area contributed by atoms with E-state index < -0.39 is 17.9 Å². The summed E-state index contributed by atoms with van der Waals surface area (Å²) >= 11 is 1.94. The quantitative estimate of drug-likeness (QED) is 0.109. The van der Waals surface area contributed by atoms with E-state index in [4.69, 9.17) is 52.1 Å². The van der Waals surface area contributed by atoms with Gasteiger partial charge in [0, 0.05) is 19.4 Å². The van der Waals surface area contributed by atoms with Crippen LogP contribution in [-0.2, 0) is 32.3 Å². The molecule has 0 radical (unpaired) electrons. The summed E-state index contributed by atoms with van der Waals surface area (Å²) in [7, 11) is 9.88. The lowest BCUT2D eigenvalue weighted by Crippen LogP contribution is -2.13. The average molecular weight is 771 g/mol. The number of halogens is 1. The van der Waals surface area contributed by atoms with Crippen molar-refractivity contribution >= 4 is 40.5 Å². The van der Waals surface area contributed by atoms with Gasteiger partial charge in [-0.2, -0.15) is 0 Å². The highest BCUT2D eigenvalue weighted by atomic mass is 127. The van der Waals surface area contributed by atoms with Gasteiger partial charge in [-0.3, -0.25) is 9.59 Å². The number of methoxy groups -OCH3 is 7. The van der Waals surface area contributed by atoms with E-state index >= 15 is 0 Å². The van der Waals surface area contributed by atoms with Gasteiger partial charge in [0.2, 0.25) is 23.0 Å². The molecule has 0 aromatic heterocycles. The van der Waals surface area contributed by atoms with Crippen LogP contribution in [0.15, 0.2) is 24.3 Å². The lowest BCUT2D eigenvalue weighted by Gasteiger charge is -2.22. The Kier molecular flexibility index (Phi) is 13.0. The normalized spacial score (nSPS) is 10.3. The molecular weight excluding hydrogens is 735 g/mol. The second-order valence-electron chi connectivity index (χ2n) is 9.32. The summed E-state index contributed by atoms with van der Waals surface area (Å²) in [5.74, 6) is -0.517. The first kappa shape index (κ1) is 36.7. The van der Waals surface area contributed by atoms with Gasteiger partial charge in [-0.25, -0.2) is 4.79 Å². The van der Waals surface area contributed by atoms with Crippen LogP contribution in [0.1, 0.15) is 35.3 Å². The smallest absolute Gasteiger partial charge is 0.345 e.